The van der Waals surface area contributed by atoms with E-state index in [0.29, 0.717) is 23.3 Å². The lowest BCUT2D eigenvalue weighted by molar-refractivity contribution is 0.304. The minimum Gasteiger partial charge on any atom is -0.370 e. The van der Waals surface area contributed by atoms with E-state index in [2.05, 4.69) is 44.1 Å². The lowest BCUT2D eigenvalue weighted by atomic mass is 9.85. The fourth-order valence-corrected chi connectivity index (χ4v) is 2.03. The van der Waals surface area contributed by atoms with E-state index in [4.69, 9.17) is 5.26 Å². The summed E-state index contributed by atoms with van der Waals surface area (Å²) < 4.78 is 0. The van der Waals surface area contributed by atoms with E-state index in [9.17, 15) is 0 Å². The summed E-state index contributed by atoms with van der Waals surface area (Å²) in [6.45, 7) is 9.92. The third-order valence-corrected chi connectivity index (χ3v) is 3.12. The molecule has 1 N–H and O–H groups in total. The van der Waals surface area contributed by atoms with Crippen molar-refractivity contribution in [2.75, 3.05) is 11.9 Å². The Hall–Kier alpha value is -1.56. The number of nitrogens with one attached hydrogen (secondary N) is 1. The smallest absolute Gasteiger partial charge is 0.125 e. The summed E-state index contributed by atoms with van der Waals surface area (Å²) in [6, 6.07) is 5.71. The number of rotatable bonds is 5. The maximum Gasteiger partial charge on any atom is 0.125 e. The van der Waals surface area contributed by atoms with Crippen LogP contribution in [0.5, 0.6) is 0 Å². The first kappa shape index (κ1) is 13.5. The van der Waals surface area contributed by atoms with Gasteiger partial charge in [0.2, 0.25) is 0 Å². The number of pyridine rings is 1. The summed E-state index contributed by atoms with van der Waals surface area (Å²) >= 11 is 0. The molecule has 0 amide bonds. The fraction of sp³-hybridized carbons (Fsp3) is 0.571. The van der Waals surface area contributed by atoms with E-state index in [1.165, 1.54) is 0 Å². The third kappa shape index (κ3) is 4.07. The van der Waals surface area contributed by atoms with Gasteiger partial charge in [0.25, 0.3) is 0 Å². The first-order valence-electron chi connectivity index (χ1n) is 6.14. The summed E-state index contributed by atoms with van der Waals surface area (Å²) in [7, 11) is 0. The topological polar surface area (TPSA) is 48.7 Å². The van der Waals surface area contributed by atoms with E-state index < -0.39 is 0 Å². The Labute approximate surface area is 104 Å². The van der Waals surface area contributed by atoms with Crippen LogP contribution in [0.25, 0.3) is 0 Å². The summed E-state index contributed by atoms with van der Waals surface area (Å²) in [6.07, 6.45) is 1.60. The highest BCUT2D eigenvalue weighted by Gasteiger charge is 2.17. The molecule has 0 aliphatic heterocycles. The lowest BCUT2D eigenvalue weighted by Crippen LogP contribution is -2.24. The van der Waals surface area contributed by atoms with Crippen molar-refractivity contribution in [2.45, 2.75) is 27.7 Å². The minimum atomic E-state index is 0.597. The highest BCUT2D eigenvalue weighted by molar-refractivity contribution is 5.38. The number of anilines is 1. The number of aromatic nitrogens is 1. The van der Waals surface area contributed by atoms with Gasteiger partial charge in [-0.15, -0.1) is 0 Å². The molecule has 0 aliphatic rings. The zero-order valence-electron chi connectivity index (χ0n) is 11.1. The molecule has 92 valence electrons. The molecule has 0 bridgehead atoms. The van der Waals surface area contributed by atoms with Crippen LogP contribution in [0.15, 0.2) is 18.3 Å². The van der Waals surface area contributed by atoms with E-state index >= 15 is 0 Å². The maximum absolute atomic E-state index is 8.68. The van der Waals surface area contributed by atoms with Crippen molar-refractivity contribution in [1.82, 2.24) is 4.98 Å². The molecule has 0 aliphatic carbocycles. The summed E-state index contributed by atoms with van der Waals surface area (Å²) in [5.74, 6) is 2.78. The van der Waals surface area contributed by atoms with Crippen molar-refractivity contribution in [3.63, 3.8) is 0 Å². The normalized spacial score (nSPS) is 10.9. The van der Waals surface area contributed by atoms with Crippen molar-refractivity contribution < 1.29 is 0 Å². The molecule has 17 heavy (non-hydrogen) atoms. The molecule has 0 fully saturated rings. The molecule has 1 heterocycles. The molecule has 0 aromatic carbocycles. The Bertz CT molecular complexity index is 365. The molecular formula is C14H21N3. The fourth-order valence-electron chi connectivity index (χ4n) is 2.03. The molecule has 3 heteroatoms. The molecule has 0 saturated heterocycles. The van der Waals surface area contributed by atoms with Crippen LogP contribution in [-0.4, -0.2) is 11.5 Å². The predicted octanol–water partition coefficient (Wildman–Crippen LogP) is 3.29. The van der Waals surface area contributed by atoms with Crippen LogP contribution >= 0.6 is 0 Å². The second-order valence-electron chi connectivity index (χ2n) is 5.08. The second kappa shape index (κ2) is 6.24. The highest BCUT2D eigenvalue weighted by atomic mass is 15.0. The molecular weight excluding hydrogens is 210 g/mol. The first-order chi connectivity index (χ1) is 8.04. The average molecular weight is 231 g/mol. The summed E-state index contributed by atoms with van der Waals surface area (Å²) in [5.41, 5.74) is 0.597. The van der Waals surface area contributed by atoms with E-state index in [0.717, 1.165) is 12.4 Å². The molecule has 0 atom stereocenters. The van der Waals surface area contributed by atoms with E-state index in [-0.39, 0.29) is 0 Å². The van der Waals surface area contributed by atoms with Crippen LogP contribution in [0, 0.1) is 29.1 Å². The van der Waals surface area contributed by atoms with Crippen LogP contribution in [0.4, 0.5) is 5.82 Å². The van der Waals surface area contributed by atoms with E-state index in [1.54, 1.807) is 12.3 Å². The Morgan fingerprint density at radius 2 is 1.88 bits per heavy atom. The lowest BCUT2D eigenvalue weighted by Gasteiger charge is -2.25. The number of nitriles is 1. The average Bonchev–Trinajstić information content (AvgIpc) is 2.29. The van der Waals surface area contributed by atoms with Gasteiger partial charge in [-0.2, -0.15) is 5.26 Å². The summed E-state index contributed by atoms with van der Waals surface area (Å²) in [5, 5.41) is 12.0. The van der Waals surface area contributed by atoms with Gasteiger partial charge in [-0.25, -0.2) is 4.98 Å². The van der Waals surface area contributed by atoms with Gasteiger partial charge >= 0.3 is 0 Å². The Kier molecular flexibility index (Phi) is 4.96. The summed E-state index contributed by atoms with van der Waals surface area (Å²) in [4.78, 5) is 4.21. The molecule has 3 nitrogen and oxygen atoms in total. The molecule has 0 spiro atoms. The van der Waals surface area contributed by atoms with Gasteiger partial charge in [0.05, 0.1) is 5.56 Å². The highest BCUT2D eigenvalue weighted by Crippen LogP contribution is 2.20. The minimum absolute atomic E-state index is 0.597. The predicted molar refractivity (Wildman–Crippen MR) is 70.6 cm³/mol. The Balaban J connectivity index is 2.57. The molecule has 0 saturated carbocycles. The third-order valence-electron chi connectivity index (χ3n) is 3.12. The largest absolute Gasteiger partial charge is 0.370 e. The molecule has 1 aromatic rings. The van der Waals surface area contributed by atoms with Crippen LogP contribution in [0.3, 0.4) is 0 Å². The molecule has 0 radical (unpaired) electrons. The van der Waals surface area contributed by atoms with Gasteiger partial charge in [-0.3, -0.25) is 0 Å². The standard InChI is InChI=1S/C14H21N3/c1-10(2)13(11(3)4)9-17-14-6-5-12(7-15)8-16-14/h5-6,8,10-11,13H,9H2,1-4H3,(H,16,17). The van der Waals surface area contributed by atoms with Gasteiger partial charge in [-0.1, -0.05) is 27.7 Å². The number of hydrogen-bond donors (Lipinski definition) is 1. The zero-order valence-corrected chi connectivity index (χ0v) is 11.1. The van der Waals surface area contributed by atoms with Crippen LogP contribution in [0.1, 0.15) is 33.3 Å². The van der Waals surface area contributed by atoms with Gasteiger partial charge < -0.3 is 5.32 Å². The monoisotopic (exact) mass is 231 g/mol. The van der Waals surface area contributed by atoms with Crippen LogP contribution in [-0.2, 0) is 0 Å². The Morgan fingerprint density at radius 1 is 1.24 bits per heavy atom. The van der Waals surface area contributed by atoms with Crippen LogP contribution < -0.4 is 5.32 Å². The van der Waals surface area contributed by atoms with Gasteiger partial charge in [0.15, 0.2) is 0 Å². The van der Waals surface area contributed by atoms with Crippen LogP contribution in [0.2, 0.25) is 0 Å². The van der Waals surface area contributed by atoms with Crippen molar-refractivity contribution in [3.8, 4) is 6.07 Å². The van der Waals surface area contributed by atoms with Crippen molar-refractivity contribution in [2.24, 2.45) is 17.8 Å². The van der Waals surface area contributed by atoms with Crippen molar-refractivity contribution in [1.29, 1.82) is 5.26 Å². The Morgan fingerprint density at radius 3 is 2.29 bits per heavy atom. The molecule has 1 rings (SSSR count). The molecule has 0 unspecified atom stereocenters. The van der Waals surface area contributed by atoms with Crippen molar-refractivity contribution >= 4 is 5.82 Å². The van der Waals surface area contributed by atoms with Crippen molar-refractivity contribution in [3.05, 3.63) is 23.9 Å². The quantitative estimate of drug-likeness (QED) is 0.846. The SMILES string of the molecule is CC(C)C(CNc1ccc(C#N)cn1)C(C)C. The first-order valence-corrected chi connectivity index (χ1v) is 6.14. The van der Waals surface area contributed by atoms with Gasteiger partial charge in [0.1, 0.15) is 11.9 Å². The number of nitrogens with zero attached hydrogens (tertiary/aromatic N) is 2. The van der Waals surface area contributed by atoms with E-state index in [1.807, 2.05) is 6.07 Å². The van der Waals surface area contributed by atoms with Gasteiger partial charge in [0, 0.05) is 12.7 Å². The zero-order chi connectivity index (χ0) is 12.8. The maximum atomic E-state index is 8.68. The van der Waals surface area contributed by atoms with Gasteiger partial charge in [-0.05, 0) is 29.9 Å². The second-order valence-corrected chi connectivity index (χ2v) is 5.08. The molecule has 1 aromatic heterocycles. The number of hydrogen-bond acceptors (Lipinski definition) is 3.